The fraction of sp³-hybridized carbons (Fsp3) is 0.606. The molecule has 0 aromatic heterocycles. The molecular weight excluding hydrogens is 534 g/mol. The number of hydrogen-bond acceptors (Lipinski definition) is 8. The number of carbonyl (C=O) groups excluding carboxylic acids is 1. The topological polar surface area (TPSA) is 81.7 Å². The van der Waals surface area contributed by atoms with Crippen molar-refractivity contribution in [2.24, 2.45) is 5.92 Å². The van der Waals surface area contributed by atoms with Gasteiger partial charge in [-0.3, -0.25) is 0 Å². The molecule has 1 N–H and O–H groups in total. The van der Waals surface area contributed by atoms with Gasteiger partial charge >= 0.3 is 6.09 Å². The maximum atomic E-state index is 12.4. The minimum Gasteiger partial charge on any atom is -0.497 e. The lowest BCUT2D eigenvalue weighted by Gasteiger charge is -2.43. The molecule has 1 saturated heterocycles. The van der Waals surface area contributed by atoms with Crippen molar-refractivity contribution in [3.05, 3.63) is 53.6 Å². The van der Waals surface area contributed by atoms with Crippen molar-refractivity contribution in [2.75, 3.05) is 66.1 Å². The molecule has 1 amide bonds. The Hall–Kier alpha value is -3.01. The Balaban J connectivity index is 1.55. The first kappa shape index (κ1) is 31.9. The van der Waals surface area contributed by atoms with Crippen molar-refractivity contribution >= 4 is 11.8 Å². The number of rotatable bonds is 13. The molecule has 0 bridgehead atoms. The fourth-order valence-corrected chi connectivity index (χ4v) is 5.82. The van der Waals surface area contributed by atoms with Crippen LogP contribution in [0.5, 0.6) is 11.5 Å². The summed E-state index contributed by atoms with van der Waals surface area (Å²) < 4.78 is 29.5. The van der Waals surface area contributed by atoms with Crippen LogP contribution in [0.25, 0.3) is 0 Å². The van der Waals surface area contributed by atoms with Crippen LogP contribution in [-0.2, 0) is 26.4 Å². The fourth-order valence-electron chi connectivity index (χ4n) is 5.82. The van der Waals surface area contributed by atoms with Crippen LogP contribution in [0.3, 0.4) is 0 Å². The van der Waals surface area contributed by atoms with Gasteiger partial charge in [-0.05, 0) is 67.1 Å². The Morgan fingerprint density at radius 3 is 2.64 bits per heavy atom. The van der Waals surface area contributed by atoms with Crippen molar-refractivity contribution < 1.29 is 28.5 Å². The Bertz CT molecular complexity index is 1140. The highest BCUT2D eigenvalue weighted by atomic mass is 16.6. The second kappa shape index (κ2) is 14.9. The van der Waals surface area contributed by atoms with Crippen molar-refractivity contribution in [1.29, 1.82) is 0 Å². The number of fused-ring (bicyclic) bond motifs is 1. The average Bonchev–Trinajstić information content (AvgIpc) is 3.00. The highest BCUT2D eigenvalue weighted by Gasteiger charge is 2.40. The van der Waals surface area contributed by atoms with Gasteiger partial charge < -0.3 is 38.8 Å². The van der Waals surface area contributed by atoms with E-state index < -0.39 is 5.60 Å². The molecule has 2 aliphatic rings. The SMILES string of the molecule is COCCCN1CCOc2ccc(CO[C@]3(c4ccc(OC)cc4)CCN[C@H](C[C@H](OC(=O)N(C)C)C(C)C)C3)cc21. The third-order valence-corrected chi connectivity index (χ3v) is 8.31. The summed E-state index contributed by atoms with van der Waals surface area (Å²) >= 11 is 0. The molecule has 0 saturated carbocycles. The maximum absolute atomic E-state index is 12.4. The number of methoxy groups -OCH3 is 2. The number of anilines is 1. The number of carbonyl (C=O) groups is 1. The van der Waals surface area contributed by atoms with E-state index in [0.29, 0.717) is 19.6 Å². The molecule has 2 aromatic rings. The summed E-state index contributed by atoms with van der Waals surface area (Å²) in [5.74, 6) is 1.93. The van der Waals surface area contributed by atoms with E-state index in [-0.39, 0.29) is 24.2 Å². The van der Waals surface area contributed by atoms with Gasteiger partial charge in [0.05, 0.1) is 31.5 Å². The summed E-state index contributed by atoms with van der Waals surface area (Å²) in [5, 5.41) is 3.68. The van der Waals surface area contributed by atoms with E-state index in [9.17, 15) is 4.79 Å². The van der Waals surface area contributed by atoms with E-state index in [4.69, 9.17) is 23.7 Å². The number of amides is 1. The second-order valence-electron chi connectivity index (χ2n) is 11.9. The van der Waals surface area contributed by atoms with Crippen LogP contribution < -0.4 is 19.7 Å². The van der Waals surface area contributed by atoms with Gasteiger partial charge in [0.2, 0.25) is 0 Å². The van der Waals surface area contributed by atoms with E-state index in [1.165, 1.54) is 4.90 Å². The summed E-state index contributed by atoms with van der Waals surface area (Å²) in [5.41, 5.74) is 2.85. The van der Waals surface area contributed by atoms with E-state index >= 15 is 0 Å². The van der Waals surface area contributed by atoms with Gasteiger partial charge in [-0.25, -0.2) is 4.79 Å². The van der Waals surface area contributed by atoms with Crippen LogP contribution in [0.2, 0.25) is 0 Å². The van der Waals surface area contributed by atoms with Crippen LogP contribution in [0.4, 0.5) is 10.5 Å². The van der Waals surface area contributed by atoms with Crippen LogP contribution in [0.15, 0.2) is 42.5 Å². The molecule has 9 heteroatoms. The molecule has 2 heterocycles. The smallest absolute Gasteiger partial charge is 0.409 e. The zero-order chi connectivity index (χ0) is 30.1. The molecule has 232 valence electrons. The molecular formula is C33H49N3O6. The molecule has 0 unspecified atom stereocenters. The van der Waals surface area contributed by atoms with E-state index in [1.54, 1.807) is 28.3 Å². The first-order valence-corrected chi connectivity index (χ1v) is 15.1. The van der Waals surface area contributed by atoms with E-state index in [0.717, 1.165) is 73.8 Å². The second-order valence-corrected chi connectivity index (χ2v) is 11.9. The van der Waals surface area contributed by atoms with Gasteiger partial charge in [-0.2, -0.15) is 0 Å². The molecule has 42 heavy (non-hydrogen) atoms. The highest BCUT2D eigenvalue weighted by Crippen LogP contribution is 2.40. The van der Waals surface area contributed by atoms with Crippen LogP contribution in [-0.4, -0.2) is 84.3 Å². The monoisotopic (exact) mass is 583 g/mol. The molecule has 2 aliphatic heterocycles. The number of piperidine rings is 1. The lowest BCUT2D eigenvalue weighted by molar-refractivity contribution is -0.0949. The number of nitrogens with one attached hydrogen (secondary N) is 1. The first-order valence-electron chi connectivity index (χ1n) is 15.1. The summed E-state index contributed by atoms with van der Waals surface area (Å²) in [6.45, 7) is 8.68. The van der Waals surface area contributed by atoms with Gasteiger partial charge in [0.15, 0.2) is 0 Å². The standard InChI is InChI=1S/C33H49N3O6/c1-24(2)31(42-32(37)35(3)4)21-27-22-33(14-15-34-27,26-9-11-28(39-6)12-10-26)41-23-25-8-13-30-29(20-25)36(17-19-40-30)16-7-18-38-5/h8-13,20,24,27,31,34H,7,14-19,21-23H2,1-6H3/t27-,31+,33-/m1/s1. The van der Waals surface area contributed by atoms with Gasteiger partial charge in [0.1, 0.15) is 24.2 Å². The zero-order valence-corrected chi connectivity index (χ0v) is 26.2. The van der Waals surface area contributed by atoms with Gasteiger partial charge in [0, 0.05) is 46.8 Å². The molecule has 0 radical (unpaired) electrons. The largest absolute Gasteiger partial charge is 0.497 e. The third kappa shape index (κ3) is 8.08. The number of benzene rings is 2. The Labute approximate surface area is 251 Å². The normalized spacial score (nSPS) is 20.9. The van der Waals surface area contributed by atoms with Crippen LogP contribution >= 0.6 is 0 Å². The predicted molar refractivity (Wildman–Crippen MR) is 165 cm³/mol. The highest BCUT2D eigenvalue weighted by molar-refractivity contribution is 5.67. The minimum absolute atomic E-state index is 0.122. The molecule has 3 atom stereocenters. The first-order chi connectivity index (χ1) is 20.2. The van der Waals surface area contributed by atoms with Gasteiger partial charge in [0.25, 0.3) is 0 Å². The third-order valence-electron chi connectivity index (χ3n) is 8.31. The summed E-state index contributed by atoms with van der Waals surface area (Å²) in [4.78, 5) is 16.3. The van der Waals surface area contributed by atoms with Gasteiger partial charge in [-0.15, -0.1) is 0 Å². The zero-order valence-electron chi connectivity index (χ0n) is 26.2. The van der Waals surface area contributed by atoms with Gasteiger partial charge in [-0.1, -0.05) is 32.0 Å². The van der Waals surface area contributed by atoms with E-state index in [1.807, 2.05) is 12.1 Å². The number of hydrogen-bond donors (Lipinski definition) is 1. The molecule has 4 rings (SSSR count). The number of nitrogens with zero attached hydrogens (tertiary/aromatic N) is 2. The molecule has 9 nitrogen and oxygen atoms in total. The molecule has 2 aromatic carbocycles. The summed E-state index contributed by atoms with van der Waals surface area (Å²) in [7, 11) is 6.85. The Morgan fingerprint density at radius 1 is 1.17 bits per heavy atom. The molecule has 0 aliphatic carbocycles. The summed E-state index contributed by atoms with van der Waals surface area (Å²) in [6, 6.07) is 14.7. The van der Waals surface area contributed by atoms with Crippen molar-refractivity contribution in [2.45, 2.75) is 63.9 Å². The lowest BCUT2D eigenvalue weighted by atomic mass is 9.79. The van der Waals surface area contributed by atoms with Crippen LogP contribution in [0, 0.1) is 5.92 Å². The van der Waals surface area contributed by atoms with Crippen molar-refractivity contribution in [3.8, 4) is 11.5 Å². The average molecular weight is 584 g/mol. The number of ether oxygens (including phenoxy) is 5. The predicted octanol–water partition coefficient (Wildman–Crippen LogP) is 5.21. The maximum Gasteiger partial charge on any atom is 0.409 e. The lowest BCUT2D eigenvalue weighted by Crippen LogP contribution is -2.49. The van der Waals surface area contributed by atoms with E-state index in [2.05, 4.69) is 54.4 Å². The Morgan fingerprint density at radius 2 is 1.95 bits per heavy atom. The summed E-state index contributed by atoms with van der Waals surface area (Å²) in [6.07, 6.45) is 2.76. The van der Waals surface area contributed by atoms with Crippen molar-refractivity contribution in [1.82, 2.24) is 10.2 Å². The molecule has 0 spiro atoms. The van der Waals surface area contributed by atoms with Crippen molar-refractivity contribution in [3.63, 3.8) is 0 Å². The minimum atomic E-state index is -0.500. The Kier molecular flexibility index (Phi) is 11.4. The van der Waals surface area contributed by atoms with Crippen LogP contribution in [0.1, 0.15) is 50.7 Å². The quantitative estimate of drug-likeness (QED) is 0.322. The molecule has 1 fully saturated rings.